The molecule has 0 aliphatic heterocycles. The van der Waals surface area contributed by atoms with E-state index in [0.29, 0.717) is 5.92 Å². The highest BCUT2D eigenvalue weighted by Crippen LogP contribution is 2.49. The summed E-state index contributed by atoms with van der Waals surface area (Å²) in [5.74, 6) is 0.623. The molecule has 6 aromatic carbocycles. The molecule has 2 heteroatoms. The van der Waals surface area contributed by atoms with Gasteiger partial charge in [-0.1, -0.05) is 131 Å². The van der Waals surface area contributed by atoms with E-state index in [1.54, 1.807) is 0 Å². The smallest absolute Gasteiger partial charge is 0.0555 e. The summed E-state index contributed by atoms with van der Waals surface area (Å²) in [5, 5.41) is 5.39. The number of fused-ring (bicyclic) bond motifs is 4. The second kappa shape index (κ2) is 11.8. The Bertz CT molecular complexity index is 2170. The third kappa shape index (κ3) is 5.10. The van der Waals surface area contributed by atoms with Crippen LogP contribution in [0.5, 0.6) is 0 Å². The average molecular weight is 616 g/mol. The fourth-order valence-electron chi connectivity index (χ4n) is 7.71. The Balaban J connectivity index is 1.40. The van der Waals surface area contributed by atoms with Gasteiger partial charge in [0.05, 0.1) is 11.4 Å². The zero-order valence-corrected chi connectivity index (χ0v) is 27.9. The second-order valence-electron chi connectivity index (χ2n) is 14.0. The van der Waals surface area contributed by atoms with E-state index >= 15 is 0 Å². The normalized spacial score (nSPS) is 14.3. The van der Waals surface area contributed by atoms with E-state index in [2.05, 4.69) is 153 Å². The Hall–Kier alpha value is -4.40. The van der Waals surface area contributed by atoms with Crippen molar-refractivity contribution in [3.63, 3.8) is 0 Å². The minimum atomic E-state index is 0.0866. The molecule has 1 fully saturated rings. The van der Waals surface area contributed by atoms with Gasteiger partial charge in [0.25, 0.3) is 0 Å². The lowest BCUT2D eigenvalue weighted by Crippen LogP contribution is -2.14. The number of rotatable bonds is 5. The number of anilines is 3. The van der Waals surface area contributed by atoms with Gasteiger partial charge in [0.1, 0.15) is 0 Å². The summed E-state index contributed by atoms with van der Waals surface area (Å²) in [6.45, 7) is 6.87. The number of thiophene rings is 1. The molecule has 7 aromatic rings. The summed E-state index contributed by atoms with van der Waals surface area (Å²) >= 11 is 1.88. The quantitative estimate of drug-likeness (QED) is 0.186. The zero-order valence-electron chi connectivity index (χ0n) is 27.1. The highest BCUT2D eigenvalue weighted by Gasteiger charge is 2.24. The van der Waals surface area contributed by atoms with E-state index in [0.717, 1.165) is 0 Å². The molecule has 1 heterocycles. The average Bonchev–Trinajstić information content (AvgIpc) is 3.48. The van der Waals surface area contributed by atoms with Gasteiger partial charge in [-0.05, 0) is 88.0 Å². The first-order valence-electron chi connectivity index (χ1n) is 16.9. The molecule has 1 aromatic heterocycles. The van der Waals surface area contributed by atoms with E-state index in [1.807, 2.05) is 11.3 Å². The zero-order chi connectivity index (χ0) is 31.3. The SMILES string of the molecule is CC(C)(C)c1ccc(N(c2ccccc2-c2cccc3cccc(C4CCCCC4)c23)c2cccc3sc4ccccc4c23)cc1. The van der Waals surface area contributed by atoms with Gasteiger partial charge in [-0.25, -0.2) is 0 Å². The first kappa shape index (κ1) is 29.0. The highest BCUT2D eigenvalue weighted by atomic mass is 32.1. The van der Waals surface area contributed by atoms with E-state index in [4.69, 9.17) is 0 Å². The van der Waals surface area contributed by atoms with Crippen LogP contribution >= 0.6 is 11.3 Å². The van der Waals surface area contributed by atoms with Gasteiger partial charge in [-0.3, -0.25) is 0 Å². The molecule has 46 heavy (non-hydrogen) atoms. The monoisotopic (exact) mass is 615 g/mol. The van der Waals surface area contributed by atoms with Crippen LogP contribution < -0.4 is 4.90 Å². The van der Waals surface area contributed by atoms with Crippen LogP contribution in [0.15, 0.2) is 127 Å². The van der Waals surface area contributed by atoms with Gasteiger partial charge in [0.2, 0.25) is 0 Å². The summed E-state index contributed by atoms with van der Waals surface area (Å²) < 4.78 is 2.64. The van der Waals surface area contributed by atoms with Crippen molar-refractivity contribution in [2.45, 2.75) is 64.2 Å². The van der Waals surface area contributed by atoms with Crippen LogP contribution in [-0.4, -0.2) is 0 Å². The molecule has 228 valence electrons. The lowest BCUT2D eigenvalue weighted by atomic mass is 9.80. The lowest BCUT2D eigenvalue weighted by molar-refractivity contribution is 0.445. The molecule has 0 bridgehead atoms. The van der Waals surface area contributed by atoms with Crippen LogP contribution in [-0.2, 0) is 5.41 Å². The number of para-hydroxylation sites is 1. The minimum absolute atomic E-state index is 0.0866. The molecule has 0 radical (unpaired) electrons. The molecule has 1 saturated carbocycles. The number of hydrogen-bond acceptors (Lipinski definition) is 2. The van der Waals surface area contributed by atoms with Crippen molar-refractivity contribution in [1.82, 2.24) is 0 Å². The van der Waals surface area contributed by atoms with E-state index in [1.165, 1.54) is 102 Å². The Kier molecular flexibility index (Phi) is 7.42. The van der Waals surface area contributed by atoms with E-state index < -0.39 is 0 Å². The van der Waals surface area contributed by atoms with Crippen LogP contribution in [0.1, 0.15) is 69.9 Å². The maximum Gasteiger partial charge on any atom is 0.0555 e. The van der Waals surface area contributed by atoms with Crippen molar-refractivity contribution >= 4 is 59.3 Å². The Morgan fingerprint density at radius 2 is 1.22 bits per heavy atom. The van der Waals surface area contributed by atoms with Crippen LogP contribution in [0.2, 0.25) is 0 Å². The molecule has 0 atom stereocenters. The van der Waals surface area contributed by atoms with Crippen LogP contribution in [0.3, 0.4) is 0 Å². The number of hydrogen-bond donors (Lipinski definition) is 0. The predicted molar refractivity (Wildman–Crippen MR) is 201 cm³/mol. The molecule has 0 unspecified atom stereocenters. The van der Waals surface area contributed by atoms with Gasteiger partial charge in [0, 0.05) is 31.4 Å². The largest absolute Gasteiger partial charge is 0.309 e. The third-order valence-corrected chi connectivity index (χ3v) is 11.2. The fraction of sp³-hybridized carbons (Fsp3) is 0.227. The molecule has 1 aliphatic rings. The van der Waals surface area contributed by atoms with Gasteiger partial charge < -0.3 is 4.90 Å². The molecule has 0 amide bonds. The molecule has 0 spiro atoms. The Morgan fingerprint density at radius 1 is 0.565 bits per heavy atom. The first-order valence-corrected chi connectivity index (χ1v) is 17.7. The summed E-state index contributed by atoms with van der Waals surface area (Å²) in [6.07, 6.45) is 6.60. The molecular weight excluding hydrogens is 575 g/mol. The van der Waals surface area contributed by atoms with Crippen LogP contribution in [0.4, 0.5) is 17.1 Å². The molecule has 0 N–H and O–H groups in total. The molecule has 1 nitrogen and oxygen atoms in total. The van der Waals surface area contributed by atoms with Crippen molar-refractivity contribution in [2.24, 2.45) is 0 Å². The van der Waals surface area contributed by atoms with Crippen molar-refractivity contribution in [3.8, 4) is 11.1 Å². The topological polar surface area (TPSA) is 3.24 Å². The van der Waals surface area contributed by atoms with Crippen molar-refractivity contribution in [3.05, 3.63) is 139 Å². The Labute approximate surface area is 277 Å². The molecule has 1 aliphatic carbocycles. The maximum absolute atomic E-state index is 2.52. The summed E-state index contributed by atoms with van der Waals surface area (Å²) in [7, 11) is 0. The minimum Gasteiger partial charge on any atom is -0.309 e. The van der Waals surface area contributed by atoms with Gasteiger partial charge in [0.15, 0.2) is 0 Å². The number of benzene rings is 6. The van der Waals surface area contributed by atoms with Crippen molar-refractivity contribution in [2.75, 3.05) is 4.90 Å². The third-order valence-electron chi connectivity index (χ3n) is 10.0. The summed E-state index contributed by atoms with van der Waals surface area (Å²) in [4.78, 5) is 2.52. The molecule has 0 saturated heterocycles. The first-order chi connectivity index (χ1) is 22.5. The van der Waals surface area contributed by atoms with Gasteiger partial charge >= 0.3 is 0 Å². The molecular formula is C44H41NS. The second-order valence-corrected chi connectivity index (χ2v) is 15.1. The van der Waals surface area contributed by atoms with E-state index in [-0.39, 0.29) is 5.41 Å². The van der Waals surface area contributed by atoms with Crippen molar-refractivity contribution < 1.29 is 0 Å². The fourth-order valence-corrected chi connectivity index (χ4v) is 8.83. The van der Waals surface area contributed by atoms with Crippen LogP contribution in [0, 0.1) is 0 Å². The molecule has 8 rings (SSSR count). The summed E-state index contributed by atoms with van der Waals surface area (Å²) in [5.41, 5.74) is 9.16. The van der Waals surface area contributed by atoms with E-state index in [9.17, 15) is 0 Å². The number of nitrogens with zero attached hydrogens (tertiary/aromatic N) is 1. The standard InChI is InChI=1S/C44H41NS/c1-44(2,3)32-26-28-33(29-27-32)45(39-23-13-25-41-43(39)37-19-8-10-24-40(37)46-41)38-22-9-7-18-35(38)36-21-12-17-31-16-11-20-34(42(31)36)30-14-5-4-6-15-30/h7-13,16-30H,4-6,14-15H2,1-3H3. The van der Waals surface area contributed by atoms with Gasteiger partial charge in [-0.2, -0.15) is 0 Å². The Morgan fingerprint density at radius 3 is 2.02 bits per heavy atom. The maximum atomic E-state index is 2.52. The van der Waals surface area contributed by atoms with Crippen LogP contribution in [0.25, 0.3) is 42.1 Å². The highest BCUT2D eigenvalue weighted by molar-refractivity contribution is 7.26. The van der Waals surface area contributed by atoms with Gasteiger partial charge in [-0.15, -0.1) is 11.3 Å². The lowest BCUT2D eigenvalue weighted by Gasteiger charge is -2.30. The van der Waals surface area contributed by atoms with Crippen molar-refractivity contribution in [1.29, 1.82) is 0 Å². The summed E-state index contributed by atoms with van der Waals surface area (Å²) in [6, 6.07) is 47.9. The predicted octanol–water partition coefficient (Wildman–Crippen LogP) is 13.7.